The third kappa shape index (κ3) is 3.40. The smallest absolute Gasteiger partial charge is 0.480 e. The number of carboxylic acid groups (broad SMARTS) is 1. The maximum Gasteiger partial charge on any atom is 0.573 e. The summed E-state index contributed by atoms with van der Waals surface area (Å²) in [7, 11) is 0. The van der Waals surface area contributed by atoms with Crippen molar-refractivity contribution in [1.82, 2.24) is 5.32 Å². The Bertz CT molecular complexity index is 525. The van der Waals surface area contributed by atoms with Crippen molar-refractivity contribution in [3.8, 4) is 5.75 Å². The van der Waals surface area contributed by atoms with Crippen molar-refractivity contribution in [3.05, 3.63) is 36.0 Å². The summed E-state index contributed by atoms with van der Waals surface area (Å²) in [6.07, 6.45) is -3.04. The lowest BCUT2D eigenvalue weighted by molar-refractivity contribution is -0.274. The average molecular weight is 273 g/mol. The molecule has 1 atom stereocenters. The Morgan fingerprint density at radius 3 is 2.74 bits per heavy atom. The molecule has 1 aromatic carbocycles. The zero-order valence-electron chi connectivity index (χ0n) is 9.57. The molecule has 0 saturated heterocycles. The first-order valence-corrected chi connectivity index (χ1v) is 5.39. The molecular weight excluding hydrogens is 263 g/mol. The summed E-state index contributed by atoms with van der Waals surface area (Å²) in [5.74, 6) is -1.33. The molecule has 102 valence electrons. The minimum Gasteiger partial charge on any atom is -0.480 e. The van der Waals surface area contributed by atoms with Crippen LogP contribution in [-0.4, -0.2) is 23.5 Å². The summed E-state index contributed by atoms with van der Waals surface area (Å²) in [5.41, 5.74) is 1.12. The third-order valence-electron chi connectivity index (χ3n) is 2.62. The van der Waals surface area contributed by atoms with Gasteiger partial charge < -0.3 is 15.2 Å². The van der Waals surface area contributed by atoms with Gasteiger partial charge in [-0.3, -0.25) is 0 Å². The Labute approximate surface area is 106 Å². The molecule has 1 heterocycles. The number of hydrogen-bond donors (Lipinski definition) is 2. The van der Waals surface area contributed by atoms with Crippen LogP contribution >= 0.6 is 0 Å². The predicted molar refractivity (Wildman–Crippen MR) is 60.3 cm³/mol. The van der Waals surface area contributed by atoms with Gasteiger partial charge in [0.1, 0.15) is 11.8 Å². The van der Waals surface area contributed by atoms with E-state index in [1.165, 1.54) is 24.4 Å². The van der Waals surface area contributed by atoms with Crippen LogP contribution in [0.25, 0.3) is 5.57 Å². The van der Waals surface area contributed by atoms with Gasteiger partial charge in [0, 0.05) is 12.6 Å². The van der Waals surface area contributed by atoms with E-state index in [0.717, 1.165) is 0 Å². The van der Waals surface area contributed by atoms with Crippen molar-refractivity contribution in [3.63, 3.8) is 0 Å². The minimum absolute atomic E-state index is 0.213. The molecule has 2 N–H and O–H groups in total. The van der Waals surface area contributed by atoms with Crippen molar-refractivity contribution in [2.75, 3.05) is 0 Å². The number of carboxylic acids is 1. The summed E-state index contributed by atoms with van der Waals surface area (Å²) < 4.78 is 40.1. The van der Waals surface area contributed by atoms with Gasteiger partial charge in [-0.25, -0.2) is 4.79 Å². The van der Waals surface area contributed by atoms with Crippen LogP contribution < -0.4 is 10.1 Å². The predicted octanol–water partition coefficient (Wildman–Crippen LogP) is 2.37. The van der Waals surface area contributed by atoms with E-state index in [-0.39, 0.29) is 12.2 Å². The van der Waals surface area contributed by atoms with E-state index in [1.54, 1.807) is 6.07 Å². The van der Waals surface area contributed by atoms with Crippen molar-refractivity contribution in [2.45, 2.75) is 18.8 Å². The van der Waals surface area contributed by atoms with E-state index >= 15 is 0 Å². The van der Waals surface area contributed by atoms with Crippen LogP contribution in [-0.2, 0) is 4.79 Å². The van der Waals surface area contributed by atoms with Crippen molar-refractivity contribution < 1.29 is 27.8 Å². The summed E-state index contributed by atoms with van der Waals surface area (Å²) in [6.45, 7) is 0. The first-order valence-electron chi connectivity index (χ1n) is 5.39. The Hall–Kier alpha value is -2.18. The minimum atomic E-state index is -4.75. The second-order valence-corrected chi connectivity index (χ2v) is 4.01. The first kappa shape index (κ1) is 13.3. The molecular formula is C12H10F3NO3. The van der Waals surface area contributed by atoms with Gasteiger partial charge in [0.2, 0.25) is 0 Å². The monoisotopic (exact) mass is 273 g/mol. The summed E-state index contributed by atoms with van der Waals surface area (Å²) >= 11 is 0. The number of aliphatic carboxylic acids is 1. The number of rotatable bonds is 3. The number of ether oxygens (including phenoxy) is 1. The number of alkyl halides is 3. The van der Waals surface area contributed by atoms with Crippen LogP contribution in [0.2, 0.25) is 0 Å². The maximum atomic E-state index is 12.1. The van der Waals surface area contributed by atoms with Gasteiger partial charge in [-0.15, -0.1) is 13.2 Å². The van der Waals surface area contributed by atoms with Crippen LogP contribution in [0.3, 0.4) is 0 Å². The molecule has 0 fully saturated rings. The van der Waals surface area contributed by atoms with E-state index in [2.05, 4.69) is 10.1 Å². The van der Waals surface area contributed by atoms with E-state index < -0.39 is 18.4 Å². The van der Waals surface area contributed by atoms with Gasteiger partial charge in [0.25, 0.3) is 0 Å². The number of carbonyl (C=O) groups is 1. The molecule has 7 heteroatoms. The average Bonchev–Trinajstić information content (AvgIpc) is 2.76. The number of benzene rings is 1. The number of halogens is 3. The molecule has 0 aliphatic carbocycles. The van der Waals surface area contributed by atoms with E-state index in [4.69, 9.17) is 5.11 Å². The highest BCUT2D eigenvalue weighted by Crippen LogP contribution is 2.29. The molecule has 0 bridgehead atoms. The summed E-state index contributed by atoms with van der Waals surface area (Å²) in [4.78, 5) is 10.8. The lowest BCUT2D eigenvalue weighted by atomic mass is 10.0. The molecule has 1 aliphatic heterocycles. The van der Waals surface area contributed by atoms with Gasteiger partial charge in [-0.05, 0) is 23.3 Å². The van der Waals surface area contributed by atoms with E-state index in [1.807, 2.05) is 0 Å². The molecule has 1 aliphatic rings. The van der Waals surface area contributed by atoms with Crippen molar-refractivity contribution in [1.29, 1.82) is 0 Å². The highest BCUT2D eigenvalue weighted by atomic mass is 19.4. The van der Waals surface area contributed by atoms with Gasteiger partial charge >= 0.3 is 12.3 Å². The quantitative estimate of drug-likeness (QED) is 0.887. The molecule has 4 nitrogen and oxygen atoms in total. The van der Waals surface area contributed by atoms with Crippen LogP contribution in [0.4, 0.5) is 13.2 Å². The largest absolute Gasteiger partial charge is 0.573 e. The fraction of sp³-hybridized carbons (Fsp3) is 0.250. The Kier molecular flexibility index (Phi) is 3.37. The Morgan fingerprint density at radius 2 is 2.16 bits per heavy atom. The number of nitrogens with one attached hydrogen (secondary N) is 1. The molecule has 1 unspecified atom stereocenters. The summed E-state index contributed by atoms with van der Waals surface area (Å²) in [6, 6.07) is 4.69. The Morgan fingerprint density at radius 1 is 1.42 bits per heavy atom. The van der Waals surface area contributed by atoms with Crippen LogP contribution in [0.5, 0.6) is 5.75 Å². The second-order valence-electron chi connectivity index (χ2n) is 4.01. The standard InChI is InChI=1S/C12H10F3NO3/c13-12(14,15)19-9-3-1-2-7(4-9)8-5-10(11(17)18)16-6-8/h1-4,6,10,16H,5H2,(H,17,18). The fourth-order valence-corrected chi connectivity index (χ4v) is 1.79. The van der Waals surface area contributed by atoms with Crippen LogP contribution in [0.1, 0.15) is 12.0 Å². The Balaban J connectivity index is 2.14. The molecule has 0 spiro atoms. The molecule has 1 aromatic rings. The zero-order chi connectivity index (χ0) is 14.0. The van der Waals surface area contributed by atoms with Gasteiger partial charge in [-0.1, -0.05) is 12.1 Å². The van der Waals surface area contributed by atoms with Crippen LogP contribution in [0.15, 0.2) is 30.5 Å². The van der Waals surface area contributed by atoms with E-state index in [0.29, 0.717) is 11.1 Å². The van der Waals surface area contributed by atoms with Crippen LogP contribution in [0, 0.1) is 0 Å². The SMILES string of the molecule is O=C(O)C1CC(c2cccc(OC(F)(F)F)c2)=CN1. The molecule has 0 amide bonds. The number of hydrogen-bond acceptors (Lipinski definition) is 3. The lowest BCUT2D eigenvalue weighted by Crippen LogP contribution is -2.28. The van der Waals surface area contributed by atoms with Gasteiger partial charge in [-0.2, -0.15) is 0 Å². The molecule has 0 saturated carbocycles. The second kappa shape index (κ2) is 4.83. The molecule has 19 heavy (non-hydrogen) atoms. The van der Waals surface area contributed by atoms with E-state index in [9.17, 15) is 18.0 Å². The van der Waals surface area contributed by atoms with Gasteiger partial charge in [0.15, 0.2) is 0 Å². The van der Waals surface area contributed by atoms with Gasteiger partial charge in [0.05, 0.1) is 0 Å². The fourth-order valence-electron chi connectivity index (χ4n) is 1.79. The summed E-state index contributed by atoms with van der Waals surface area (Å²) in [5, 5.41) is 11.5. The topological polar surface area (TPSA) is 58.6 Å². The molecule has 0 aromatic heterocycles. The molecule has 0 radical (unpaired) electrons. The first-order chi connectivity index (χ1) is 8.85. The third-order valence-corrected chi connectivity index (χ3v) is 2.62. The normalized spacial score (nSPS) is 18.7. The van der Waals surface area contributed by atoms with Crippen molar-refractivity contribution >= 4 is 11.5 Å². The highest BCUT2D eigenvalue weighted by molar-refractivity contribution is 5.81. The molecule has 2 rings (SSSR count). The zero-order valence-corrected chi connectivity index (χ0v) is 9.57. The highest BCUT2D eigenvalue weighted by Gasteiger charge is 2.31. The maximum absolute atomic E-state index is 12.1. The van der Waals surface area contributed by atoms with Crippen molar-refractivity contribution in [2.24, 2.45) is 0 Å². The lowest BCUT2D eigenvalue weighted by Gasteiger charge is -2.10.